The predicted molar refractivity (Wildman–Crippen MR) is 100 cm³/mol. The Bertz CT molecular complexity index is 595. The van der Waals surface area contributed by atoms with E-state index >= 15 is 0 Å². The van der Waals surface area contributed by atoms with Crippen molar-refractivity contribution in [2.45, 2.75) is 26.9 Å². The fourth-order valence-corrected chi connectivity index (χ4v) is 2.62. The zero-order valence-electron chi connectivity index (χ0n) is 12.5. The summed E-state index contributed by atoms with van der Waals surface area (Å²) in [4.78, 5) is 9.68. The van der Waals surface area contributed by atoms with Crippen molar-refractivity contribution in [3.63, 3.8) is 0 Å². The maximum absolute atomic E-state index is 4.24. The predicted octanol–water partition coefficient (Wildman–Crippen LogP) is 3.24. The zero-order chi connectivity index (χ0) is 14.4. The van der Waals surface area contributed by atoms with Crippen LogP contribution in [0.5, 0.6) is 0 Å². The molecule has 6 heteroatoms. The summed E-state index contributed by atoms with van der Waals surface area (Å²) in [7, 11) is 1.78. The molecule has 0 aliphatic carbocycles. The van der Waals surface area contributed by atoms with Gasteiger partial charge in [0, 0.05) is 24.7 Å². The molecule has 0 bridgehead atoms. The van der Waals surface area contributed by atoms with Crippen LogP contribution in [0.4, 0.5) is 0 Å². The second kappa shape index (κ2) is 8.99. The molecule has 21 heavy (non-hydrogen) atoms. The normalized spacial score (nSPS) is 10.9. The molecule has 2 rings (SSSR count). The summed E-state index contributed by atoms with van der Waals surface area (Å²) in [6.07, 6.45) is 1.90. The van der Waals surface area contributed by atoms with Gasteiger partial charge in [-0.05, 0) is 19.4 Å². The van der Waals surface area contributed by atoms with E-state index in [1.54, 1.807) is 18.4 Å². The first-order chi connectivity index (χ1) is 9.67. The van der Waals surface area contributed by atoms with Crippen LogP contribution in [0.3, 0.4) is 0 Å². The van der Waals surface area contributed by atoms with E-state index in [9.17, 15) is 0 Å². The van der Waals surface area contributed by atoms with Gasteiger partial charge in [-0.25, -0.2) is 4.98 Å². The highest BCUT2D eigenvalue weighted by molar-refractivity contribution is 14.0. The van der Waals surface area contributed by atoms with E-state index in [1.807, 2.05) is 13.1 Å². The number of aromatic nitrogens is 1. The molecule has 0 radical (unpaired) electrons. The lowest BCUT2D eigenvalue weighted by molar-refractivity contribution is 0.814. The molecule has 0 saturated carbocycles. The van der Waals surface area contributed by atoms with Crippen molar-refractivity contribution in [1.29, 1.82) is 0 Å². The van der Waals surface area contributed by atoms with E-state index in [1.165, 1.54) is 16.0 Å². The number of nitrogens with one attached hydrogen (secondary N) is 2. The molecule has 0 saturated heterocycles. The number of guanidine groups is 1. The van der Waals surface area contributed by atoms with Gasteiger partial charge in [-0.15, -0.1) is 35.3 Å². The number of benzene rings is 1. The molecule has 114 valence electrons. The van der Waals surface area contributed by atoms with Crippen molar-refractivity contribution >= 4 is 41.3 Å². The van der Waals surface area contributed by atoms with Crippen molar-refractivity contribution in [3.8, 4) is 0 Å². The van der Waals surface area contributed by atoms with Crippen LogP contribution in [0.2, 0.25) is 0 Å². The van der Waals surface area contributed by atoms with Crippen LogP contribution < -0.4 is 10.6 Å². The number of rotatable bonds is 4. The maximum atomic E-state index is 4.24. The van der Waals surface area contributed by atoms with Crippen molar-refractivity contribution < 1.29 is 0 Å². The standard InChI is InChI=1S/C15H20N4S.HI/c1-11-5-4-6-13(7-11)8-18-15(16-3)19-10-14-9-17-12(2)20-14;/h4-7,9H,8,10H2,1-3H3,(H2,16,18,19);1H. The van der Waals surface area contributed by atoms with Crippen LogP contribution in [-0.4, -0.2) is 18.0 Å². The second-order valence-corrected chi connectivity index (χ2v) is 5.93. The highest BCUT2D eigenvalue weighted by atomic mass is 127. The average molecular weight is 416 g/mol. The molecular weight excluding hydrogens is 395 g/mol. The summed E-state index contributed by atoms with van der Waals surface area (Å²) in [5.41, 5.74) is 2.52. The SMILES string of the molecule is CN=C(NCc1cccc(C)c1)NCc1cnc(C)s1.I. The monoisotopic (exact) mass is 416 g/mol. The Morgan fingerprint density at radius 1 is 1.24 bits per heavy atom. The van der Waals surface area contributed by atoms with E-state index < -0.39 is 0 Å². The number of halogens is 1. The summed E-state index contributed by atoms with van der Waals surface area (Å²) in [5, 5.41) is 7.69. The topological polar surface area (TPSA) is 49.3 Å². The smallest absolute Gasteiger partial charge is 0.191 e. The first-order valence-electron chi connectivity index (χ1n) is 6.59. The second-order valence-electron chi connectivity index (χ2n) is 4.61. The summed E-state index contributed by atoms with van der Waals surface area (Å²) < 4.78 is 0. The van der Waals surface area contributed by atoms with E-state index in [0.717, 1.165) is 24.1 Å². The third kappa shape index (κ3) is 6.01. The number of thiazole rings is 1. The van der Waals surface area contributed by atoms with Crippen LogP contribution in [0.25, 0.3) is 0 Å². The number of aryl methyl sites for hydroxylation is 2. The van der Waals surface area contributed by atoms with Gasteiger partial charge in [-0.1, -0.05) is 29.8 Å². The molecule has 2 N–H and O–H groups in total. The molecule has 0 fully saturated rings. The van der Waals surface area contributed by atoms with Gasteiger partial charge in [-0.2, -0.15) is 0 Å². The van der Waals surface area contributed by atoms with Crippen molar-refractivity contribution in [2.75, 3.05) is 7.05 Å². The number of hydrogen-bond donors (Lipinski definition) is 2. The molecule has 1 aromatic carbocycles. The maximum Gasteiger partial charge on any atom is 0.191 e. The lowest BCUT2D eigenvalue weighted by Crippen LogP contribution is -2.36. The summed E-state index contributed by atoms with van der Waals surface area (Å²) >= 11 is 1.70. The van der Waals surface area contributed by atoms with E-state index in [0.29, 0.717) is 0 Å². The molecule has 2 aromatic rings. The largest absolute Gasteiger partial charge is 0.352 e. The Labute approximate surface area is 147 Å². The minimum absolute atomic E-state index is 0. The van der Waals surface area contributed by atoms with E-state index in [2.05, 4.69) is 51.8 Å². The number of nitrogens with zero attached hydrogens (tertiary/aromatic N) is 2. The van der Waals surface area contributed by atoms with Gasteiger partial charge in [0.1, 0.15) is 0 Å². The highest BCUT2D eigenvalue weighted by Crippen LogP contribution is 2.10. The van der Waals surface area contributed by atoms with E-state index in [-0.39, 0.29) is 24.0 Å². The summed E-state index contributed by atoms with van der Waals surface area (Å²) in [5.74, 6) is 0.803. The van der Waals surface area contributed by atoms with Gasteiger partial charge in [-0.3, -0.25) is 4.99 Å². The Morgan fingerprint density at radius 3 is 2.62 bits per heavy atom. The fourth-order valence-electron chi connectivity index (χ4n) is 1.89. The molecule has 0 aliphatic rings. The molecule has 1 heterocycles. The van der Waals surface area contributed by atoms with Gasteiger partial charge in [0.05, 0.1) is 11.6 Å². The third-order valence-electron chi connectivity index (χ3n) is 2.87. The molecule has 0 aliphatic heterocycles. The molecule has 4 nitrogen and oxygen atoms in total. The molecule has 1 aromatic heterocycles. The van der Waals surface area contributed by atoms with Crippen LogP contribution in [0, 0.1) is 13.8 Å². The van der Waals surface area contributed by atoms with E-state index in [4.69, 9.17) is 0 Å². The Hall–Kier alpha value is -1.15. The zero-order valence-corrected chi connectivity index (χ0v) is 15.7. The van der Waals surface area contributed by atoms with Gasteiger partial charge >= 0.3 is 0 Å². The lowest BCUT2D eigenvalue weighted by atomic mass is 10.1. The lowest BCUT2D eigenvalue weighted by Gasteiger charge is -2.11. The molecular formula is C15H21IN4S. The van der Waals surface area contributed by atoms with Gasteiger partial charge in [0.25, 0.3) is 0 Å². The van der Waals surface area contributed by atoms with Gasteiger partial charge < -0.3 is 10.6 Å². The van der Waals surface area contributed by atoms with Crippen molar-refractivity contribution in [3.05, 3.63) is 51.5 Å². The van der Waals surface area contributed by atoms with Gasteiger partial charge in [0.2, 0.25) is 0 Å². The highest BCUT2D eigenvalue weighted by Gasteiger charge is 2.01. The Kier molecular flexibility index (Phi) is 7.66. The number of hydrogen-bond acceptors (Lipinski definition) is 3. The van der Waals surface area contributed by atoms with Crippen LogP contribution in [-0.2, 0) is 13.1 Å². The van der Waals surface area contributed by atoms with Crippen LogP contribution in [0.1, 0.15) is 21.0 Å². The minimum Gasteiger partial charge on any atom is -0.352 e. The van der Waals surface area contributed by atoms with Crippen LogP contribution >= 0.6 is 35.3 Å². The van der Waals surface area contributed by atoms with Crippen molar-refractivity contribution in [2.24, 2.45) is 4.99 Å². The quantitative estimate of drug-likeness (QED) is 0.457. The molecule has 0 amide bonds. The summed E-state index contributed by atoms with van der Waals surface area (Å²) in [6, 6.07) is 8.46. The van der Waals surface area contributed by atoms with Crippen molar-refractivity contribution in [1.82, 2.24) is 15.6 Å². The minimum atomic E-state index is 0. The average Bonchev–Trinajstić information content (AvgIpc) is 2.85. The Morgan fingerprint density at radius 2 is 2.00 bits per heavy atom. The Balaban J connectivity index is 0.00000220. The van der Waals surface area contributed by atoms with Crippen LogP contribution in [0.15, 0.2) is 35.5 Å². The first-order valence-corrected chi connectivity index (χ1v) is 7.40. The first kappa shape index (κ1) is 17.9. The molecule has 0 unspecified atom stereocenters. The third-order valence-corrected chi connectivity index (χ3v) is 3.78. The molecule has 0 spiro atoms. The summed E-state index contributed by atoms with van der Waals surface area (Å²) in [6.45, 7) is 5.63. The van der Waals surface area contributed by atoms with Gasteiger partial charge in [0.15, 0.2) is 5.96 Å². The number of aliphatic imine (C=N–C) groups is 1. The fraction of sp³-hybridized carbons (Fsp3) is 0.333. The molecule has 0 atom stereocenters.